The maximum Gasteiger partial charge on any atom is 0.323 e. The summed E-state index contributed by atoms with van der Waals surface area (Å²) in [7, 11) is 0. The molecule has 1 atom stereocenters. The first kappa shape index (κ1) is 32.0. The number of rotatable bonds is 13. The van der Waals surface area contributed by atoms with Crippen LogP contribution in [-0.2, 0) is 20.9 Å². The number of carboxylic acid groups (broad SMARTS) is 3. The second-order valence-electron chi connectivity index (χ2n) is 6.92. The third-order valence-corrected chi connectivity index (χ3v) is 4.06. The van der Waals surface area contributed by atoms with Gasteiger partial charge in [-0.05, 0) is 31.9 Å². The van der Waals surface area contributed by atoms with Crippen LogP contribution >= 0.6 is 0 Å². The van der Waals surface area contributed by atoms with Crippen LogP contribution in [0.15, 0.2) is 24.3 Å². The maximum absolute atomic E-state index is 11.6. The number of benzene rings is 1. The predicted molar refractivity (Wildman–Crippen MR) is 126 cm³/mol. The van der Waals surface area contributed by atoms with Gasteiger partial charge in [0, 0.05) is 19.0 Å². The number of aryl methyl sites for hydroxylation is 1. The molecule has 0 fully saturated rings. The van der Waals surface area contributed by atoms with E-state index in [4.69, 9.17) is 15.3 Å². The molecule has 0 aliphatic carbocycles. The van der Waals surface area contributed by atoms with Crippen molar-refractivity contribution in [3.8, 4) is 0 Å². The molecule has 1 aromatic carbocycles. The minimum Gasteiger partial charge on any atom is -0.481 e. The first-order valence-corrected chi connectivity index (χ1v) is 11.1. The lowest BCUT2D eigenvalue weighted by molar-refractivity contribution is -0.138. The lowest BCUT2D eigenvalue weighted by Gasteiger charge is -2.17. The molecule has 0 bridgehead atoms. The summed E-state index contributed by atoms with van der Waals surface area (Å²) in [5, 5.41) is 33.2. The molecular weight excluding hydrogens is 430 g/mol. The molecule has 0 saturated heterocycles. The fraction of sp³-hybridized carbons (Fsp3) is 0.565. The van der Waals surface area contributed by atoms with E-state index in [1.165, 1.54) is 11.1 Å². The Kier molecular flexibility index (Phi) is 20.1. The Bertz CT molecular complexity index is 694. The molecule has 0 aliphatic heterocycles. The van der Waals surface area contributed by atoms with Crippen molar-refractivity contribution in [3.05, 3.63) is 35.4 Å². The second kappa shape index (κ2) is 20.7. The van der Waals surface area contributed by atoms with Crippen LogP contribution in [0.1, 0.15) is 64.0 Å². The minimum absolute atomic E-state index is 0.197. The van der Waals surface area contributed by atoms with Gasteiger partial charge in [-0.2, -0.15) is 0 Å². The Morgan fingerprint density at radius 3 is 1.97 bits per heavy atom. The fourth-order valence-electron chi connectivity index (χ4n) is 2.41. The molecule has 6 N–H and O–H groups in total. The Morgan fingerprint density at radius 2 is 1.48 bits per heavy atom. The van der Waals surface area contributed by atoms with Crippen LogP contribution in [0.2, 0.25) is 0 Å². The van der Waals surface area contributed by atoms with Crippen LogP contribution in [0.4, 0.5) is 4.79 Å². The van der Waals surface area contributed by atoms with Gasteiger partial charge in [-0.15, -0.1) is 0 Å². The van der Waals surface area contributed by atoms with Crippen LogP contribution < -0.4 is 16.0 Å². The number of urea groups is 1. The van der Waals surface area contributed by atoms with Gasteiger partial charge in [0.1, 0.15) is 6.54 Å². The first-order valence-electron chi connectivity index (χ1n) is 11.1. The van der Waals surface area contributed by atoms with E-state index >= 15 is 0 Å². The van der Waals surface area contributed by atoms with Crippen molar-refractivity contribution >= 4 is 23.9 Å². The summed E-state index contributed by atoms with van der Waals surface area (Å²) in [6, 6.07) is 7.08. The number of hydrogen-bond donors (Lipinski definition) is 6. The molecule has 0 aromatic heterocycles. The van der Waals surface area contributed by atoms with Crippen molar-refractivity contribution < 1.29 is 34.5 Å². The van der Waals surface area contributed by atoms with E-state index in [1.54, 1.807) is 6.92 Å². The Labute approximate surface area is 195 Å². The van der Waals surface area contributed by atoms with Gasteiger partial charge in [0.15, 0.2) is 0 Å². The molecule has 10 heteroatoms. The number of unbranched alkanes of at least 4 members (excludes halogenated alkanes) is 1. The van der Waals surface area contributed by atoms with E-state index in [1.807, 2.05) is 20.8 Å². The number of carboxylic acids is 3. The molecule has 1 aromatic rings. The van der Waals surface area contributed by atoms with E-state index in [0.717, 1.165) is 25.9 Å². The smallest absolute Gasteiger partial charge is 0.323 e. The van der Waals surface area contributed by atoms with Crippen molar-refractivity contribution in [2.75, 3.05) is 13.1 Å². The molecule has 0 heterocycles. The van der Waals surface area contributed by atoms with Gasteiger partial charge in [0.05, 0.1) is 6.42 Å². The third-order valence-electron chi connectivity index (χ3n) is 4.06. The predicted octanol–water partition coefficient (Wildman–Crippen LogP) is 2.99. The number of nitrogens with one attached hydrogen (secondary N) is 3. The molecule has 0 saturated carbocycles. The number of amides is 2. The SMILES string of the molecule is CC.CCC(=O)O.Cc1ccc(CNCCCCC(CC(=O)O)NC(=O)NCC(=O)O)cc1. The van der Waals surface area contributed by atoms with E-state index in [0.29, 0.717) is 6.42 Å². The Morgan fingerprint density at radius 1 is 0.909 bits per heavy atom. The summed E-state index contributed by atoms with van der Waals surface area (Å²) in [6.07, 6.45) is 2.13. The number of carbonyl (C=O) groups is 4. The van der Waals surface area contributed by atoms with Gasteiger partial charge in [0.2, 0.25) is 0 Å². The molecule has 33 heavy (non-hydrogen) atoms. The van der Waals surface area contributed by atoms with Gasteiger partial charge >= 0.3 is 23.9 Å². The van der Waals surface area contributed by atoms with Crippen molar-refractivity contribution in [1.82, 2.24) is 16.0 Å². The van der Waals surface area contributed by atoms with E-state index in [-0.39, 0.29) is 12.8 Å². The zero-order chi connectivity index (χ0) is 25.6. The fourth-order valence-corrected chi connectivity index (χ4v) is 2.41. The molecule has 0 aliphatic rings. The summed E-state index contributed by atoms with van der Waals surface area (Å²) in [6.45, 7) is 8.70. The molecule has 1 unspecified atom stereocenters. The normalized spacial score (nSPS) is 10.4. The number of hydrogen-bond acceptors (Lipinski definition) is 5. The average Bonchev–Trinajstić information content (AvgIpc) is 2.77. The van der Waals surface area contributed by atoms with Gasteiger partial charge < -0.3 is 31.3 Å². The monoisotopic (exact) mass is 469 g/mol. The summed E-state index contributed by atoms with van der Waals surface area (Å²) in [5.74, 6) is -2.91. The van der Waals surface area contributed by atoms with E-state index in [9.17, 15) is 19.2 Å². The van der Waals surface area contributed by atoms with Crippen molar-refractivity contribution in [1.29, 1.82) is 0 Å². The average molecular weight is 470 g/mol. The molecule has 188 valence electrons. The van der Waals surface area contributed by atoms with Crippen LogP contribution in [0.3, 0.4) is 0 Å². The van der Waals surface area contributed by atoms with E-state index in [2.05, 4.69) is 40.2 Å². The molecule has 0 radical (unpaired) electrons. The Balaban J connectivity index is 0. The topological polar surface area (TPSA) is 165 Å². The summed E-state index contributed by atoms with van der Waals surface area (Å²) >= 11 is 0. The summed E-state index contributed by atoms with van der Waals surface area (Å²) < 4.78 is 0. The van der Waals surface area contributed by atoms with Crippen LogP contribution in [-0.4, -0.2) is 58.4 Å². The first-order chi connectivity index (χ1) is 15.6. The number of carbonyl (C=O) groups excluding carboxylic acids is 1. The Hall–Kier alpha value is -3.14. The zero-order valence-electron chi connectivity index (χ0n) is 20.0. The quantitative estimate of drug-likeness (QED) is 0.240. The van der Waals surface area contributed by atoms with Gasteiger partial charge in [-0.1, -0.05) is 57.0 Å². The van der Waals surface area contributed by atoms with Gasteiger partial charge in [-0.25, -0.2) is 4.79 Å². The standard InChI is InChI=1S/C18H27N3O5.C3H6O2.C2H6/c1-13-5-7-14(8-6-13)11-19-9-3-2-4-15(10-16(22)23)21-18(26)20-12-17(24)25;1-2-3(4)5;1-2/h5-8,15,19H,2-4,9-12H2,1H3,(H,22,23)(H,24,25)(H2,20,21,26);2H2,1H3,(H,4,5);1-2H3. The lowest BCUT2D eigenvalue weighted by atomic mass is 10.1. The van der Waals surface area contributed by atoms with Crippen LogP contribution in [0, 0.1) is 6.92 Å². The highest BCUT2D eigenvalue weighted by atomic mass is 16.4. The highest BCUT2D eigenvalue weighted by molar-refractivity contribution is 5.80. The van der Waals surface area contributed by atoms with Crippen LogP contribution in [0.5, 0.6) is 0 Å². The minimum atomic E-state index is -1.16. The summed E-state index contributed by atoms with van der Waals surface area (Å²) in [4.78, 5) is 42.2. The highest BCUT2D eigenvalue weighted by Crippen LogP contribution is 2.06. The zero-order valence-corrected chi connectivity index (χ0v) is 20.0. The molecular formula is C23H39N3O7. The third kappa shape index (κ3) is 21.9. The molecule has 1 rings (SSSR count). The van der Waals surface area contributed by atoms with Crippen LogP contribution in [0.25, 0.3) is 0 Å². The highest BCUT2D eigenvalue weighted by Gasteiger charge is 2.16. The molecule has 0 spiro atoms. The second-order valence-corrected chi connectivity index (χ2v) is 6.92. The molecule has 2 amide bonds. The van der Waals surface area contributed by atoms with Crippen molar-refractivity contribution in [3.63, 3.8) is 0 Å². The lowest BCUT2D eigenvalue weighted by Crippen LogP contribution is -2.44. The van der Waals surface area contributed by atoms with Crippen molar-refractivity contribution in [2.24, 2.45) is 0 Å². The van der Waals surface area contributed by atoms with Gasteiger partial charge in [-0.3, -0.25) is 14.4 Å². The number of aliphatic carboxylic acids is 3. The van der Waals surface area contributed by atoms with Gasteiger partial charge in [0.25, 0.3) is 0 Å². The maximum atomic E-state index is 11.6. The molecule has 10 nitrogen and oxygen atoms in total. The largest absolute Gasteiger partial charge is 0.481 e. The van der Waals surface area contributed by atoms with E-state index < -0.39 is 36.5 Å². The summed E-state index contributed by atoms with van der Waals surface area (Å²) in [5.41, 5.74) is 2.43. The van der Waals surface area contributed by atoms with Crippen molar-refractivity contribution in [2.45, 2.75) is 72.4 Å².